The lowest BCUT2D eigenvalue weighted by Crippen LogP contribution is -2.32. The van der Waals surface area contributed by atoms with Gasteiger partial charge in [0.15, 0.2) is 0 Å². The Bertz CT molecular complexity index is 1030. The fourth-order valence-electron chi connectivity index (χ4n) is 2.37. The lowest BCUT2D eigenvalue weighted by molar-refractivity contribution is -0.114. The number of carbonyl (C=O) groups is 1. The third kappa shape index (κ3) is 5.55. The van der Waals surface area contributed by atoms with Crippen LogP contribution in [0.1, 0.15) is 5.56 Å². The van der Waals surface area contributed by atoms with Crippen LogP contribution >= 0.6 is 0 Å². The van der Waals surface area contributed by atoms with E-state index in [0.717, 1.165) is 22.8 Å². The van der Waals surface area contributed by atoms with Gasteiger partial charge in [0, 0.05) is 6.08 Å². The van der Waals surface area contributed by atoms with Crippen molar-refractivity contribution in [3.05, 3.63) is 96.6 Å². The topological polar surface area (TPSA) is 72.5 Å². The summed E-state index contributed by atoms with van der Waals surface area (Å²) in [4.78, 5) is 11.9. The number of carbonyl (C=O) groups excluding carboxylic acids is 1. The zero-order valence-corrected chi connectivity index (χ0v) is 15.1. The lowest BCUT2D eigenvalue weighted by Gasteiger charge is -2.06. The van der Waals surface area contributed by atoms with E-state index in [9.17, 15) is 13.2 Å². The standard InChI is InChI=1S/C21H17NO4S/c23-21(22-27(24,25)26-20-9-5-2-6-10-20)16-13-17-11-14-19(15-12-17)18-7-3-1-4-8-18/h1-16H,(H,22,23)/b16-13+. The fourth-order valence-corrected chi connectivity index (χ4v) is 3.09. The Hall–Kier alpha value is -3.38. The Labute approximate surface area is 158 Å². The molecule has 1 N–H and O–H groups in total. The minimum absolute atomic E-state index is 0.123. The van der Waals surface area contributed by atoms with E-state index in [1.807, 2.05) is 59.3 Å². The summed E-state index contributed by atoms with van der Waals surface area (Å²) in [7, 11) is -4.23. The number of para-hydroxylation sites is 1. The van der Waals surface area contributed by atoms with E-state index in [1.165, 1.54) is 18.2 Å². The van der Waals surface area contributed by atoms with E-state index in [2.05, 4.69) is 0 Å². The first kappa shape index (κ1) is 18.4. The van der Waals surface area contributed by atoms with Crippen molar-refractivity contribution in [1.82, 2.24) is 4.72 Å². The quantitative estimate of drug-likeness (QED) is 0.661. The van der Waals surface area contributed by atoms with Crippen molar-refractivity contribution >= 4 is 22.3 Å². The van der Waals surface area contributed by atoms with E-state index in [4.69, 9.17) is 4.18 Å². The average Bonchev–Trinajstić information content (AvgIpc) is 2.67. The summed E-state index contributed by atoms with van der Waals surface area (Å²) >= 11 is 0. The highest BCUT2D eigenvalue weighted by molar-refractivity contribution is 7.85. The molecule has 0 spiro atoms. The summed E-state index contributed by atoms with van der Waals surface area (Å²) in [5, 5.41) is 0. The molecule has 0 aromatic heterocycles. The molecule has 136 valence electrons. The van der Waals surface area contributed by atoms with Crippen LogP contribution < -0.4 is 8.91 Å². The average molecular weight is 379 g/mol. The molecule has 0 aliphatic heterocycles. The summed E-state index contributed by atoms with van der Waals surface area (Å²) in [6, 6.07) is 25.4. The van der Waals surface area contributed by atoms with E-state index < -0.39 is 16.2 Å². The highest BCUT2D eigenvalue weighted by atomic mass is 32.2. The van der Waals surface area contributed by atoms with Gasteiger partial charge in [-0.25, -0.2) is 4.72 Å². The molecule has 0 aliphatic rings. The molecule has 6 heteroatoms. The smallest absolute Gasteiger partial charge is 0.367 e. The Balaban J connectivity index is 1.61. The van der Waals surface area contributed by atoms with Crippen LogP contribution in [0.4, 0.5) is 0 Å². The number of benzene rings is 3. The second-order valence-corrected chi connectivity index (χ2v) is 6.92. The summed E-state index contributed by atoms with van der Waals surface area (Å²) in [6.07, 6.45) is 2.67. The fraction of sp³-hybridized carbons (Fsp3) is 0. The molecule has 0 heterocycles. The number of rotatable bonds is 6. The molecule has 0 radical (unpaired) electrons. The summed E-state index contributed by atoms with van der Waals surface area (Å²) in [6.45, 7) is 0. The van der Waals surface area contributed by atoms with Crippen molar-refractivity contribution in [2.24, 2.45) is 0 Å². The number of amides is 1. The van der Waals surface area contributed by atoms with Crippen molar-refractivity contribution in [3.8, 4) is 16.9 Å². The number of hydrogen-bond acceptors (Lipinski definition) is 4. The zero-order chi connectivity index (χ0) is 19.1. The maximum Gasteiger partial charge on any atom is 0.409 e. The first-order chi connectivity index (χ1) is 13.0. The van der Waals surface area contributed by atoms with Crippen LogP contribution in [0.3, 0.4) is 0 Å². The monoisotopic (exact) mass is 379 g/mol. The molecule has 27 heavy (non-hydrogen) atoms. The van der Waals surface area contributed by atoms with Gasteiger partial charge in [0.25, 0.3) is 5.91 Å². The van der Waals surface area contributed by atoms with Crippen molar-refractivity contribution in [3.63, 3.8) is 0 Å². The molecule has 0 atom stereocenters. The summed E-state index contributed by atoms with van der Waals surface area (Å²) in [5.41, 5.74) is 2.91. The van der Waals surface area contributed by atoms with Gasteiger partial charge in [-0.05, 0) is 34.9 Å². The third-order valence-corrected chi connectivity index (χ3v) is 4.48. The van der Waals surface area contributed by atoms with Crippen LogP contribution in [0.15, 0.2) is 91.0 Å². The highest BCUT2D eigenvalue weighted by Crippen LogP contribution is 2.19. The minimum Gasteiger partial charge on any atom is -0.367 e. The van der Waals surface area contributed by atoms with E-state index in [1.54, 1.807) is 18.2 Å². The molecule has 3 aromatic carbocycles. The van der Waals surface area contributed by atoms with Gasteiger partial charge in [-0.1, -0.05) is 72.8 Å². The summed E-state index contributed by atoms with van der Waals surface area (Å²) in [5.74, 6) is -0.670. The third-order valence-electron chi connectivity index (χ3n) is 3.62. The van der Waals surface area contributed by atoms with Crippen LogP contribution in [0, 0.1) is 0 Å². The molecular formula is C21H17NO4S. The Kier molecular flexibility index (Phi) is 5.68. The first-order valence-electron chi connectivity index (χ1n) is 8.17. The number of hydrogen-bond donors (Lipinski definition) is 1. The first-order valence-corrected chi connectivity index (χ1v) is 9.57. The molecule has 0 saturated heterocycles. The molecule has 0 fully saturated rings. The van der Waals surface area contributed by atoms with Crippen LogP contribution in [-0.4, -0.2) is 14.3 Å². The zero-order valence-electron chi connectivity index (χ0n) is 14.3. The predicted octanol–water partition coefficient (Wildman–Crippen LogP) is 3.81. The number of nitrogens with one attached hydrogen (secondary N) is 1. The lowest BCUT2D eigenvalue weighted by atomic mass is 10.0. The minimum atomic E-state index is -4.23. The van der Waals surface area contributed by atoms with E-state index >= 15 is 0 Å². The molecule has 3 aromatic rings. The maximum absolute atomic E-state index is 11.9. The Morgan fingerprint density at radius 2 is 1.33 bits per heavy atom. The second-order valence-electron chi connectivity index (χ2n) is 5.64. The molecule has 0 saturated carbocycles. The molecular weight excluding hydrogens is 362 g/mol. The second kappa shape index (κ2) is 8.33. The van der Waals surface area contributed by atoms with Gasteiger partial charge in [-0.15, -0.1) is 0 Å². The van der Waals surface area contributed by atoms with Crippen LogP contribution in [0.5, 0.6) is 5.75 Å². The maximum atomic E-state index is 11.9. The van der Waals surface area contributed by atoms with Crippen molar-refractivity contribution < 1.29 is 17.4 Å². The largest absolute Gasteiger partial charge is 0.409 e. The van der Waals surface area contributed by atoms with Crippen molar-refractivity contribution in [2.45, 2.75) is 0 Å². The van der Waals surface area contributed by atoms with Gasteiger partial charge in [0.05, 0.1) is 0 Å². The van der Waals surface area contributed by atoms with Crippen molar-refractivity contribution in [2.75, 3.05) is 0 Å². The molecule has 5 nitrogen and oxygen atoms in total. The van der Waals surface area contributed by atoms with E-state index in [0.29, 0.717) is 0 Å². The van der Waals surface area contributed by atoms with Crippen LogP contribution in [0.2, 0.25) is 0 Å². The normalized spacial score (nSPS) is 11.3. The molecule has 0 unspecified atom stereocenters. The Morgan fingerprint density at radius 1 is 0.778 bits per heavy atom. The van der Waals surface area contributed by atoms with Gasteiger partial charge in [-0.2, -0.15) is 8.42 Å². The predicted molar refractivity (Wildman–Crippen MR) is 105 cm³/mol. The molecule has 3 rings (SSSR count). The molecule has 0 bridgehead atoms. The summed E-state index contributed by atoms with van der Waals surface area (Å²) < 4.78 is 30.3. The SMILES string of the molecule is O=C(/C=C/c1ccc(-c2ccccc2)cc1)NS(=O)(=O)Oc1ccccc1. The van der Waals surface area contributed by atoms with Gasteiger partial charge < -0.3 is 4.18 Å². The van der Waals surface area contributed by atoms with Crippen LogP contribution in [-0.2, 0) is 15.1 Å². The molecule has 0 aliphatic carbocycles. The van der Waals surface area contributed by atoms with Gasteiger partial charge >= 0.3 is 10.3 Å². The van der Waals surface area contributed by atoms with Gasteiger partial charge in [0.2, 0.25) is 0 Å². The van der Waals surface area contributed by atoms with E-state index in [-0.39, 0.29) is 5.75 Å². The van der Waals surface area contributed by atoms with Gasteiger partial charge in [0.1, 0.15) is 5.75 Å². The van der Waals surface area contributed by atoms with Crippen molar-refractivity contribution in [1.29, 1.82) is 0 Å². The molecule has 1 amide bonds. The van der Waals surface area contributed by atoms with Crippen LogP contribution in [0.25, 0.3) is 17.2 Å². The highest BCUT2D eigenvalue weighted by Gasteiger charge is 2.14. The Morgan fingerprint density at radius 3 is 1.96 bits per heavy atom. The van der Waals surface area contributed by atoms with Gasteiger partial charge in [-0.3, -0.25) is 4.79 Å².